The number of rotatable bonds is 4. The van der Waals surface area contributed by atoms with Gasteiger partial charge in [-0.15, -0.1) is 0 Å². The van der Waals surface area contributed by atoms with Crippen LogP contribution in [-0.2, 0) is 22.3 Å². The first-order valence-electron chi connectivity index (χ1n) is 9.87. The van der Waals surface area contributed by atoms with E-state index in [9.17, 15) is 22.8 Å². The Morgan fingerprint density at radius 1 is 0.900 bits per heavy atom. The monoisotopic (exact) mass is 417 g/mol. The third-order valence-electron chi connectivity index (χ3n) is 5.70. The number of alkyl halides is 3. The van der Waals surface area contributed by atoms with Gasteiger partial charge in [-0.05, 0) is 23.8 Å². The molecule has 1 atom stereocenters. The topological polar surface area (TPSA) is 43.9 Å². The molecule has 0 radical (unpaired) electrons. The normalized spacial score (nSPS) is 20.8. The Labute approximate surface area is 172 Å². The minimum atomic E-state index is -4.38. The van der Waals surface area contributed by atoms with E-state index in [2.05, 4.69) is 0 Å². The lowest BCUT2D eigenvalue weighted by atomic mass is 10.1. The summed E-state index contributed by atoms with van der Waals surface area (Å²) in [5, 5.41) is 0. The van der Waals surface area contributed by atoms with Crippen LogP contribution >= 0.6 is 0 Å². The molecule has 0 aliphatic carbocycles. The highest BCUT2D eigenvalue weighted by molar-refractivity contribution is 6.05. The van der Waals surface area contributed by atoms with Crippen LogP contribution in [0.25, 0.3) is 0 Å². The summed E-state index contributed by atoms with van der Waals surface area (Å²) in [6.45, 7) is 2.29. The molecule has 2 heterocycles. The maximum Gasteiger partial charge on any atom is 0.416 e. The van der Waals surface area contributed by atoms with Gasteiger partial charge in [0.05, 0.1) is 24.6 Å². The van der Waals surface area contributed by atoms with Crippen LogP contribution in [0, 0.1) is 0 Å². The van der Waals surface area contributed by atoms with E-state index in [0.717, 1.165) is 17.7 Å². The van der Waals surface area contributed by atoms with Crippen molar-refractivity contribution in [2.24, 2.45) is 0 Å². The molecule has 8 heteroatoms. The lowest BCUT2D eigenvalue weighted by Crippen LogP contribution is -2.52. The lowest BCUT2D eigenvalue weighted by molar-refractivity contribution is -0.140. The fourth-order valence-electron chi connectivity index (χ4n) is 4.05. The summed E-state index contributed by atoms with van der Waals surface area (Å²) < 4.78 is 38.9. The maximum atomic E-state index is 13.0. The fraction of sp³-hybridized carbons (Fsp3) is 0.364. The summed E-state index contributed by atoms with van der Waals surface area (Å²) in [6, 6.07) is 14.2. The van der Waals surface area contributed by atoms with E-state index >= 15 is 0 Å². The van der Waals surface area contributed by atoms with Crippen molar-refractivity contribution in [1.29, 1.82) is 0 Å². The second-order valence-corrected chi connectivity index (χ2v) is 7.59. The van der Waals surface area contributed by atoms with Crippen LogP contribution < -0.4 is 4.90 Å². The molecule has 2 aromatic carbocycles. The molecule has 5 nitrogen and oxygen atoms in total. The summed E-state index contributed by atoms with van der Waals surface area (Å²) >= 11 is 0. The van der Waals surface area contributed by atoms with Crippen LogP contribution in [0.15, 0.2) is 54.6 Å². The number of carbonyl (C=O) groups is 2. The SMILES string of the molecule is O=C1C[C@H](N2CCN(c3cccc(C(F)(F)F)c3)CC2)C(=O)N1Cc1ccccc1. The lowest BCUT2D eigenvalue weighted by Gasteiger charge is -2.38. The molecule has 2 aliphatic rings. The van der Waals surface area contributed by atoms with E-state index in [1.165, 1.54) is 11.0 Å². The first kappa shape index (κ1) is 20.4. The molecule has 30 heavy (non-hydrogen) atoms. The van der Waals surface area contributed by atoms with E-state index in [1.54, 1.807) is 6.07 Å². The second kappa shape index (κ2) is 8.10. The molecular weight excluding hydrogens is 395 g/mol. The average Bonchev–Trinajstić information content (AvgIpc) is 3.02. The molecule has 2 fully saturated rings. The van der Waals surface area contributed by atoms with Gasteiger partial charge in [0.15, 0.2) is 0 Å². The number of likely N-dealkylation sites (tertiary alicyclic amines) is 1. The second-order valence-electron chi connectivity index (χ2n) is 7.59. The highest BCUT2D eigenvalue weighted by atomic mass is 19.4. The van der Waals surface area contributed by atoms with Gasteiger partial charge in [-0.3, -0.25) is 19.4 Å². The smallest absolute Gasteiger partial charge is 0.369 e. The zero-order valence-electron chi connectivity index (χ0n) is 16.3. The van der Waals surface area contributed by atoms with Gasteiger partial charge in [0.2, 0.25) is 11.8 Å². The number of nitrogens with zero attached hydrogens (tertiary/aromatic N) is 3. The van der Waals surface area contributed by atoms with E-state index in [-0.39, 0.29) is 24.8 Å². The molecule has 0 spiro atoms. The van der Waals surface area contributed by atoms with Crippen LogP contribution in [0.4, 0.5) is 18.9 Å². The van der Waals surface area contributed by atoms with Crippen molar-refractivity contribution in [2.75, 3.05) is 31.1 Å². The van der Waals surface area contributed by atoms with E-state index in [0.29, 0.717) is 31.9 Å². The number of halogens is 3. The van der Waals surface area contributed by atoms with Crippen molar-refractivity contribution >= 4 is 17.5 Å². The van der Waals surface area contributed by atoms with Gasteiger partial charge in [-0.25, -0.2) is 0 Å². The fourth-order valence-corrected chi connectivity index (χ4v) is 4.05. The number of benzene rings is 2. The van der Waals surface area contributed by atoms with E-state index in [1.807, 2.05) is 40.1 Å². The number of hydrogen-bond donors (Lipinski definition) is 0. The molecule has 0 saturated carbocycles. The molecule has 158 valence electrons. The van der Waals surface area contributed by atoms with Crippen molar-refractivity contribution in [1.82, 2.24) is 9.80 Å². The highest BCUT2D eigenvalue weighted by Crippen LogP contribution is 2.32. The van der Waals surface area contributed by atoms with Gasteiger partial charge in [0.1, 0.15) is 0 Å². The Hall–Kier alpha value is -2.87. The van der Waals surface area contributed by atoms with E-state index < -0.39 is 17.8 Å². The van der Waals surface area contributed by atoms with Crippen LogP contribution in [0.2, 0.25) is 0 Å². The quantitative estimate of drug-likeness (QED) is 0.717. The van der Waals surface area contributed by atoms with Crippen LogP contribution in [0.1, 0.15) is 17.5 Å². The predicted molar refractivity (Wildman–Crippen MR) is 106 cm³/mol. The maximum absolute atomic E-state index is 13.0. The number of carbonyl (C=O) groups excluding carboxylic acids is 2. The Bertz CT molecular complexity index is 925. The van der Waals surface area contributed by atoms with Crippen LogP contribution in [-0.4, -0.2) is 53.8 Å². The Balaban J connectivity index is 1.39. The van der Waals surface area contributed by atoms with Gasteiger partial charge < -0.3 is 4.90 Å². The first-order valence-corrected chi connectivity index (χ1v) is 9.87. The molecule has 2 amide bonds. The number of anilines is 1. The van der Waals surface area contributed by atoms with Crippen LogP contribution in [0.3, 0.4) is 0 Å². The van der Waals surface area contributed by atoms with Crippen LogP contribution in [0.5, 0.6) is 0 Å². The number of piperazine rings is 1. The van der Waals surface area contributed by atoms with Crippen molar-refractivity contribution in [3.05, 3.63) is 65.7 Å². The zero-order chi connectivity index (χ0) is 21.3. The minimum absolute atomic E-state index is 0.148. The summed E-state index contributed by atoms with van der Waals surface area (Å²) in [5.41, 5.74) is 0.744. The largest absolute Gasteiger partial charge is 0.416 e. The van der Waals surface area contributed by atoms with Gasteiger partial charge in [0.25, 0.3) is 0 Å². The third-order valence-corrected chi connectivity index (χ3v) is 5.70. The Morgan fingerprint density at radius 2 is 1.60 bits per heavy atom. The number of hydrogen-bond acceptors (Lipinski definition) is 4. The summed E-state index contributed by atoms with van der Waals surface area (Å²) in [4.78, 5) is 30.4. The molecule has 0 bridgehead atoms. The molecule has 4 rings (SSSR count). The van der Waals surface area contributed by atoms with Gasteiger partial charge in [-0.2, -0.15) is 13.2 Å². The summed E-state index contributed by atoms with van der Waals surface area (Å²) in [5.74, 6) is -0.384. The van der Waals surface area contributed by atoms with Gasteiger partial charge in [0, 0.05) is 31.9 Å². The van der Waals surface area contributed by atoms with Crippen molar-refractivity contribution in [2.45, 2.75) is 25.2 Å². The van der Waals surface area contributed by atoms with Gasteiger partial charge >= 0.3 is 6.18 Å². The van der Waals surface area contributed by atoms with Gasteiger partial charge in [-0.1, -0.05) is 36.4 Å². The molecule has 0 N–H and O–H groups in total. The number of amides is 2. The van der Waals surface area contributed by atoms with E-state index in [4.69, 9.17) is 0 Å². The third kappa shape index (κ3) is 4.18. The molecule has 2 aromatic rings. The molecule has 0 unspecified atom stereocenters. The molecule has 0 aromatic heterocycles. The summed E-state index contributed by atoms with van der Waals surface area (Å²) in [7, 11) is 0. The summed E-state index contributed by atoms with van der Waals surface area (Å²) in [6.07, 6.45) is -4.23. The zero-order valence-corrected chi connectivity index (χ0v) is 16.3. The highest BCUT2D eigenvalue weighted by Gasteiger charge is 2.42. The molecule has 2 aliphatic heterocycles. The van der Waals surface area contributed by atoms with Crippen molar-refractivity contribution in [3.63, 3.8) is 0 Å². The Kier molecular flexibility index (Phi) is 5.51. The number of imide groups is 1. The van der Waals surface area contributed by atoms with Crippen molar-refractivity contribution < 1.29 is 22.8 Å². The molecular formula is C22H22F3N3O2. The Morgan fingerprint density at radius 3 is 2.27 bits per heavy atom. The molecule has 2 saturated heterocycles. The standard InChI is InChI=1S/C22H22F3N3O2/c23-22(24,25)17-7-4-8-18(13-17)26-9-11-27(12-10-26)19-14-20(29)28(21(19)30)15-16-5-2-1-3-6-16/h1-8,13,19H,9-12,14-15H2/t19-/m0/s1. The predicted octanol–water partition coefficient (Wildman–Crippen LogP) is 3.16. The first-order chi connectivity index (χ1) is 14.3. The average molecular weight is 417 g/mol. The minimum Gasteiger partial charge on any atom is -0.369 e. The van der Waals surface area contributed by atoms with Crippen molar-refractivity contribution in [3.8, 4) is 0 Å².